The molecule has 0 N–H and O–H groups in total. The Kier molecular flexibility index (Phi) is 4.47. The fourth-order valence-electron chi connectivity index (χ4n) is 2.37. The van der Waals surface area contributed by atoms with Crippen molar-refractivity contribution in [2.24, 2.45) is 7.05 Å². The molecule has 6 heteroatoms. The van der Waals surface area contributed by atoms with Crippen LogP contribution in [0.15, 0.2) is 0 Å². The third-order valence-electron chi connectivity index (χ3n) is 3.18. The van der Waals surface area contributed by atoms with Crippen LogP contribution in [0, 0.1) is 0 Å². The molecule has 106 valence electrons. The first-order valence-corrected chi connectivity index (χ1v) is 7.08. The van der Waals surface area contributed by atoms with Crippen molar-refractivity contribution in [3.63, 3.8) is 0 Å². The van der Waals surface area contributed by atoms with Gasteiger partial charge in [-0.3, -0.25) is 4.68 Å². The van der Waals surface area contributed by atoms with Crippen molar-refractivity contribution >= 4 is 22.8 Å². The van der Waals surface area contributed by atoms with Gasteiger partial charge in [0.05, 0.1) is 17.7 Å². The van der Waals surface area contributed by atoms with Crippen LogP contribution in [0.25, 0.3) is 11.2 Å². The molecule has 0 spiro atoms. The van der Waals surface area contributed by atoms with E-state index in [0.29, 0.717) is 6.61 Å². The van der Waals surface area contributed by atoms with Gasteiger partial charge in [-0.05, 0) is 13.3 Å². The Labute approximate surface area is 118 Å². The molecular formula is C13H21ClN4O. The van der Waals surface area contributed by atoms with Gasteiger partial charge >= 0.3 is 0 Å². The predicted octanol–water partition coefficient (Wildman–Crippen LogP) is 2.67. The highest BCUT2D eigenvalue weighted by atomic mass is 35.5. The minimum atomic E-state index is -0.126. The lowest BCUT2D eigenvalue weighted by atomic mass is 10.2. The lowest BCUT2D eigenvalue weighted by Gasteiger charge is -2.10. The fourth-order valence-corrected chi connectivity index (χ4v) is 2.54. The van der Waals surface area contributed by atoms with Crippen LogP contribution in [-0.2, 0) is 24.8 Å². The molecule has 2 aromatic heterocycles. The third-order valence-corrected chi connectivity index (χ3v) is 3.38. The Morgan fingerprint density at radius 1 is 1.42 bits per heavy atom. The SMILES string of the molecule is CCCc1nn(C)c2c1nc(C(C)Cl)n2CCOC. The molecule has 5 nitrogen and oxygen atoms in total. The number of aromatic nitrogens is 4. The average molecular weight is 285 g/mol. The van der Waals surface area contributed by atoms with E-state index in [0.717, 1.165) is 42.1 Å². The molecule has 19 heavy (non-hydrogen) atoms. The van der Waals surface area contributed by atoms with Gasteiger partial charge in [-0.2, -0.15) is 5.10 Å². The second-order valence-electron chi connectivity index (χ2n) is 4.72. The smallest absolute Gasteiger partial charge is 0.158 e. The monoisotopic (exact) mass is 284 g/mol. The highest BCUT2D eigenvalue weighted by Gasteiger charge is 2.20. The van der Waals surface area contributed by atoms with Gasteiger partial charge in [-0.1, -0.05) is 13.3 Å². The molecule has 0 saturated carbocycles. The Morgan fingerprint density at radius 2 is 2.16 bits per heavy atom. The summed E-state index contributed by atoms with van der Waals surface area (Å²) in [7, 11) is 3.65. The number of aryl methyl sites for hydroxylation is 2. The molecule has 0 saturated heterocycles. The summed E-state index contributed by atoms with van der Waals surface area (Å²) < 4.78 is 9.18. The van der Waals surface area contributed by atoms with Gasteiger partial charge in [-0.25, -0.2) is 4.98 Å². The molecule has 0 amide bonds. The Hall–Kier alpha value is -1.07. The molecular weight excluding hydrogens is 264 g/mol. The Balaban J connectivity index is 2.57. The van der Waals surface area contributed by atoms with Gasteiger partial charge in [0.1, 0.15) is 11.3 Å². The summed E-state index contributed by atoms with van der Waals surface area (Å²) >= 11 is 6.24. The van der Waals surface area contributed by atoms with E-state index in [2.05, 4.69) is 16.6 Å². The number of hydrogen-bond donors (Lipinski definition) is 0. The van der Waals surface area contributed by atoms with Crippen molar-refractivity contribution in [3.8, 4) is 0 Å². The predicted molar refractivity (Wildman–Crippen MR) is 76.6 cm³/mol. The zero-order valence-electron chi connectivity index (χ0n) is 12.0. The third kappa shape index (κ3) is 2.62. The van der Waals surface area contributed by atoms with Gasteiger partial charge in [0.2, 0.25) is 0 Å². The summed E-state index contributed by atoms with van der Waals surface area (Å²) in [5, 5.41) is 4.43. The quantitative estimate of drug-likeness (QED) is 0.766. The highest BCUT2D eigenvalue weighted by molar-refractivity contribution is 6.20. The number of rotatable bonds is 6. The molecule has 2 heterocycles. The van der Waals surface area contributed by atoms with E-state index in [1.807, 2.05) is 18.7 Å². The van der Waals surface area contributed by atoms with Crippen LogP contribution in [0.5, 0.6) is 0 Å². The number of hydrogen-bond acceptors (Lipinski definition) is 3. The maximum absolute atomic E-state index is 6.24. The molecule has 0 bridgehead atoms. The van der Waals surface area contributed by atoms with E-state index in [4.69, 9.17) is 21.3 Å². The molecule has 0 aliphatic carbocycles. The summed E-state index contributed by atoms with van der Waals surface area (Å²) in [6.07, 6.45) is 2.00. The minimum Gasteiger partial charge on any atom is -0.383 e. The first-order chi connectivity index (χ1) is 9.10. The van der Waals surface area contributed by atoms with E-state index in [-0.39, 0.29) is 5.38 Å². The maximum atomic E-state index is 6.24. The minimum absolute atomic E-state index is 0.126. The van der Waals surface area contributed by atoms with Gasteiger partial charge in [0, 0.05) is 20.7 Å². The zero-order valence-corrected chi connectivity index (χ0v) is 12.7. The standard InChI is InChI=1S/C13H21ClN4O/c1-5-6-10-11-13(17(3)16-10)18(7-8-19-4)12(15-11)9(2)14/h9H,5-8H2,1-4H3. The van der Waals surface area contributed by atoms with Crippen LogP contribution in [-0.4, -0.2) is 33.0 Å². The van der Waals surface area contributed by atoms with Gasteiger partial charge in [0.15, 0.2) is 5.65 Å². The van der Waals surface area contributed by atoms with Gasteiger partial charge < -0.3 is 9.30 Å². The van der Waals surface area contributed by atoms with Crippen LogP contribution in [0.2, 0.25) is 0 Å². The number of imidazole rings is 1. The molecule has 0 aliphatic heterocycles. The van der Waals surface area contributed by atoms with Crippen molar-refractivity contribution in [3.05, 3.63) is 11.5 Å². The van der Waals surface area contributed by atoms with Crippen LogP contribution in [0.1, 0.15) is 37.2 Å². The lowest BCUT2D eigenvalue weighted by Crippen LogP contribution is -2.11. The summed E-state index contributed by atoms with van der Waals surface area (Å²) in [5.74, 6) is 0.888. The highest BCUT2D eigenvalue weighted by Crippen LogP contribution is 2.26. The van der Waals surface area contributed by atoms with Crippen LogP contribution in [0.3, 0.4) is 0 Å². The molecule has 0 aliphatic rings. The number of methoxy groups -OCH3 is 1. The van der Waals surface area contributed by atoms with Crippen molar-refractivity contribution < 1.29 is 4.74 Å². The van der Waals surface area contributed by atoms with Crippen LogP contribution in [0.4, 0.5) is 0 Å². The summed E-state index contributed by atoms with van der Waals surface area (Å²) in [4.78, 5) is 4.70. The van der Waals surface area contributed by atoms with Crippen molar-refractivity contribution in [1.82, 2.24) is 19.3 Å². The summed E-state index contributed by atoms with van der Waals surface area (Å²) in [6.45, 7) is 5.47. The molecule has 1 atom stereocenters. The topological polar surface area (TPSA) is 44.9 Å². The fraction of sp³-hybridized carbons (Fsp3) is 0.692. The first kappa shape index (κ1) is 14.3. The summed E-state index contributed by atoms with van der Waals surface area (Å²) in [6, 6.07) is 0. The normalized spacial score (nSPS) is 13.3. The Bertz CT molecular complexity index is 558. The molecule has 2 rings (SSSR count). The largest absolute Gasteiger partial charge is 0.383 e. The maximum Gasteiger partial charge on any atom is 0.158 e. The first-order valence-electron chi connectivity index (χ1n) is 6.65. The van der Waals surface area contributed by atoms with Crippen molar-refractivity contribution in [1.29, 1.82) is 0 Å². The molecule has 2 aromatic rings. The van der Waals surface area contributed by atoms with E-state index in [1.54, 1.807) is 7.11 Å². The van der Waals surface area contributed by atoms with Crippen LogP contribution >= 0.6 is 11.6 Å². The molecule has 0 fully saturated rings. The summed E-state index contributed by atoms with van der Waals surface area (Å²) in [5.41, 5.74) is 3.06. The van der Waals surface area contributed by atoms with Gasteiger partial charge in [0.25, 0.3) is 0 Å². The average Bonchev–Trinajstić information content (AvgIpc) is 2.87. The Morgan fingerprint density at radius 3 is 2.74 bits per heavy atom. The zero-order chi connectivity index (χ0) is 14.0. The van der Waals surface area contributed by atoms with E-state index in [1.165, 1.54) is 0 Å². The number of ether oxygens (including phenoxy) is 1. The molecule has 1 unspecified atom stereocenters. The van der Waals surface area contributed by atoms with E-state index in [9.17, 15) is 0 Å². The van der Waals surface area contributed by atoms with Crippen molar-refractivity contribution in [2.75, 3.05) is 13.7 Å². The second-order valence-corrected chi connectivity index (χ2v) is 5.38. The number of nitrogens with zero attached hydrogens (tertiary/aromatic N) is 4. The molecule has 0 aromatic carbocycles. The van der Waals surface area contributed by atoms with Crippen LogP contribution < -0.4 is 0 Å². The van der Waals surface area contributed by atoms with E-state index < -0.39 is 0 Å². The van der Waals surface area contributed by atoms with Crippen molar-refractivity contribution in [2.45, 2.75) is 38.6 Å². The lowest BCUT2D eigenvalue weighted by molar-refractivity contribution is 0.187. The second kappa shape index (κ2) is 5.92. The van der Waals surface area contributed by atoms with E-state index >= 15 is 0 Å². The number of fused-ring (bicyclic) bond motifs is 1. The van der Waals surface area contributed by atoms with Gasteiger partial charge in [-0.15, -0.1) is 11.6 Å². The number of alkyl halides is 1. The number of halogens is 1. The molecule has 0 radical (unpaired) electrons.